The molecule has 0 saturated carbocycles. The molecule has 0 aromatic heterocycles. The standard InChI is InChI=1S/C11H18ClN3O3/c12-2-1-3-14-9-10(8-13)11(18)15(4-6-16)5-7-17/h9,14,16-17H,1-7H2/b10-9-. The van der Waals surface area contributed by atoms with E-state index in [4.69, 9.17) is 27.1 Å². The van der Waals surface area contributed by atoms with Gasteiger partial charge in [-0.3, -0.25) is 4.79 Å². The molecule has 0 aromatic rings. The highest BCUT2D eigenvalue weighted by molar-refractivity contribution is 6.17. The van der Waals surface area contributed by atoms with E-state index in [1.165, 1.54) is 11.1 Å². The van der Waals surface area contributed by atoms with Crippen LogP contribution in [0.4, 0.5) is 0 Å². The Morgan fingerprint density at radius 2 is 2.00 bits per heavy atom. The van der Waals surface area contributed by atoms with E-state index in [0.717, 1.165) is 6.42 Å². The van der Waals surface area contributed by atoms with Crippen LogP contribution in [-0.2, 0) is 4.79 Å². The van der Waals surface area contributed by atoms with Crippen LogP contribution < -0.4 is 5.32 Å². The number of carbonyl (C=O) groups excluding carboxylic acids is 1. The quantitative estimate of drug-likeness (QED) is 0.227. The molecule has 0 heterocycles. The average molecular weight is 276 g/mol. The van der Waals surface area contributed by atoms with E-state index >= 15 is 0 Å². The van der Waals surface area contributed by atoms with Crippen molar-refractivity contribution in [1.29, 1.82) is 5.26 Å². The number of aliphatic hydroxyl groups excluding tert-OH is 2. The van der Waals surface area contributed by atoms with Gasteiger partial charge in [0.1, 0.15) is 11.6 Å². The van der Waals surface area contributed by atoms with Crippen LogP contribution in [0.15, 0.2) is 11.8 Å². The zero-order valence-electron chi connectivity index (χ0n) is 10.1. The molecule has 0 rings (SSSR count). The van der Waals surface area contributed by atoms with Crippen LogP contribution in [0, 0.1) is 11.3 Å². The molecule has 0 aliphatic rings. The van der Waals surface area contributed by atoms with Crippen molar-refractivity contribution in [3.05, 3.63) is 11.8 Å². The fourth-order valence-electron chi connectivity index (χ4n) is 1.21. The number of hydrogen-bond acceptors (Lipinski definition) is 5. The summed E-state index contributed by atoms with van der Waals surface area (Å²) in [5.74, 6) is -0.0170. The normalized spacial score (nSPS) is 10.9. The molecule has 0 spiro atoms. The highest BCUT2D eigenvalue weighted by Gasteiger charge is 2.17. The summed E-state index contributed by atoms with van der Waals surface area (Å²) in [5, 5.41) is 29.3. The van der Waals surface area contributed by atoms with Crippen LogP contribution in [0.1, 0.15) is 6.42 Å². The third kappa shape index (κ3) is 6.45. The number of alkyl halides is 1. The van der Waals surface area contributed by atoms with E-state index in [2.05, 4.69) is 5.32 Å². The lowest BCUT2D eigenvalue weighted by molar-refractivity contribution is -0.127. The van der Waals surface area contributed by atoms with E-state index in [-0.39, 0.29) is 31.9 Å². The fourth-order valence-corrected chi connectivity index (χ4v) is 1.35. The maximum atomic E-state index is 11.9. The number of carbonyl (C=O) groups is 1. The van der Waals surface area contributed by atoms with Crippen molar-refractivity contribution in [3.63, 3.8) is 0 Å². The molecule has 0 aliphatic heterocycles. The number of amides is 1. The van der Waals surface area contributed by atoms with E-state index in [1.807, 2.05) is 0 Å². The molecule has 0 unspecified atom stereocenters. The monoisotopic (exact) mass is 275 g/mol. The van der Waals surface area contributed by atoms with Crippen LogP contribution in [0.3, 0.4) is 0 Å². The fraction of sp³-hybridized carbons (Fsp3) is 0.636. The molecular formula is C11H18ClN3O3. The molecule has 0 aromatic carbocycles. The first kappa shape index (κ1) is 16.7. The Labute approximate surface area is 111 Å². The first-order chi connectivity index (χ1) is 8.71. The molecule has 0 aliphatic carbocycles. The molecule has 0 atom stereocenters. The summed E-state index contributed by atoms with van der Waals surface area (Å²) >= 11 is 5.49. The summed E-state index contributed by atoms with van der Waals surface area (Å²) in [5.41, 5.74) is -0.0635. The molecule has 1 amide bonds. The van der Waals surface area contributed by atoms with Gasteiger partial charge >= 0.3 is 0 Å². The summed E-state index contributed by atoms with van der Waals surface area (Å²) < 4.78 is 0. The van der Waals surface area contributed by atoms with Crippen molar-refractivity contribution in [2.45, 2.75) is 6.42 Å². The van der Waals surface area contributed by atoms with Crippen LogP contribution >= 0.6 is 11.6 Å². The minimum Gasteiger partial charge on any atom is -0.395 e. The van der Waals surface area contributed by atoms with Crippen molar-refractivity contribution in [1.82, 2.24) is 10.2 Å². The van der Waals surface area contributed by atoms with Crippen LogP contribution in [0.25, 0.3) is 0 Å². The molecule has 102 valence electrons. The number of aliphatic hydroxyl groups is 2. The lowest BCUT2D eigenvalue weighted by Gasteiger charge is -2.19. The first-order valence-corrected chi connectivity index (χ1v) is 6.15. The van der Waals surface area contributed by atoms with E-state index in [1.54, 1.807) is 6.07 Å². The SMILES string of the molecule is N#C/C(=C/NCCCCl)C(=O)N(CCO)CCO. The van der Waals surface area contributed by atoms with Crippen LogP contribution in [0.5, 0.6) is 0 Å². The minimum absolute atomic E-state index is 0.0635. The Bertz CT molecular complexity index is 309. The summed E-state index contributed by atoms with van der Waals surface area (Å²) in [7, 11) is 0. The Morgan fingerprint density at radius 1 is 1.39 bits per heavy atom. The second-order valence-electron chi connectivity index (χ2n) is 3.41. The Kier molecular flexibility index (Phi) is 10.1. The highest BCUT2D eigenvalue weighted by Crippen LogP contribution is 2.00. The zero-order valence-corrected chi connectivity index (χ0v) is 10.9. The van der Waals surface area contributed by atoms with E-state index < -0.39 is 5.91 Å². The first-order valence-electron chi connectivity index (χ1n) is 5.61. The zero-order chi connectivity index (χ0) is 13.8. The molecule has 7 heteroatoms. The number of nitrogens with one attached hydrogen (secondary N) is 1. The predicted molar refractivity (Wildman–Crippen MR) is 67.8 cm³/mol. The topological polar surface area (TPSA) is 96.6 Å². The second kappa shape index (κ2) is 10.8. The maximum Gasteiger partial charge on any atom is 0.266 e. The second-order valence-corrected chi connectivity index (χ2v) is 3.78. The predicted octanol–water partition coefficient (Wildman–Crippen LogP) is -0.574. The molecule has 0 bridgehead atoms. The molecule has 3 N–H and O–H groups in total. The summed E-state index contributed by atoms with van der Waals surface area (Å²) in [6, 6.07) is 1.79. The number of nitriles is 1. The molecular weight excluding hydrogens is 258 g/mol. The number of hydrogen-bond donors (Lipinski definition) is 3. The van der Waals surface area contributed by atoms with Gasteiger partial charge in [0.25, 0.3) is 5.91 Å². The average Bonchev–Trinajstić information content (AvgIpc) is 2.38. The Balaban J connectivity index is 4.51. The van der Waals surface area contributed by atoms with Gasteiger partial charge in [0, 0.05) is 31.7 Å². The molecule has 0 radical (unpaired) electrons. The van der Waals surface area contributed by atoms with Crippen molar-refractivity contribution < 1.29 is 15.0 Å². The smallest absolute Gasteiger partial charge is 0.266 e. The van der Waals surface area contributed by atoms with Crippen LogP contribution in [0.2, 0.25) is 0 Å². The summed E-state index contributed by atoms with van der Waals surface area (Å²) in [4.78, 5) is 13.1. The molecule has 18 heavy (non-hydrogen) atoms. The third-order valence-corrected chi connectivity index (χ3v) is 2.35. The van der Waals surface area contributed by atoms with Crippen molar-refractivity contribution >= 4 is 17.5 Å². The van der Waals surface area contributed by atoms with Crippen molar-refractivity contribution in [2.75, 3.05) is 38.7 Å². The van der Waals surface area contributed by atoms with Gasteiger partial charge in [0.05, 0.1) is 13.2 Å². The van der Waals surface area contributed by atoms with Gasteiger partial charge in [-0.1, -0.05) is 0 Å². The third-order valence-electron chi connectivity index (χ3n) is 2.08. The van der Waals surface area contributed by atoms with Crippen molar-refractivity contribution in [3.8, 4) is 6.07 Å². The Hall–Kier alpha value is -1.29. The Morgan fingerprint density at radius 3 is 2.44 bits per heavy atom. The molecule has 0 fully saturated rings. The van der Waals surface area contributed by atoms with Gasteiger partial charge in [-0.05, 0) is 6.42 Å². The van der Waals surface area contributed by atoms with Gasteiger partial charge in [-0.2, -0.15) is 5.26 Å². The van der Waals surface area contributed by atoms with Gasteiger partial charge in [0.15, 0.2) is 0 Å². The lowest BCUT2D eigenvalue weighted by atomic mass is 10.2. The number of halogens is 1. The van der Waals surface area contributed by atoms with E-state index in [0.29, 0.717) is 12.4 Å². The van der Waals surface area contributed by atoms with E-state index in [9.17, 15) is 4.79 Å². The van der Waals surface area contributed by atoms with Gasteiger partial charge in [-0.25, -0.2) is 0 Å². The molecule has 0 saturated heterocycles. The maximum absolute atomic E-state index is 11.9. The number of nitrogens with zero attached hydrogens (tertiary/aromatic N) is 2. The minimum atomic E-state index is -0.515. The highest BCUT2D eigenvalue weighted by atomic mass is 35.5. The summed E-state index contributed by atoms with van der Waals surface area (Å²) in [6.45, 7) is 0.302. The van der Waals surface area contributed by atoms with Crippen molar-refractivity contribution in [2.24, 2.45) is 0 Å². The lowest BCUT2D eigenvalue weighted by Crippen LogP contribution is -2.37. The number of rotatable bonds is 9. The van der Waals surface area contributed by atoms with Gasteiger partial charge in [-0.15, -0.1) is 11.6 Å². The van der Waals surface area contributed by atoms with Gasteiger partial charge < -0.3 is 20.4 Å². The molecule has 6 nitrogen and oxygen atoms in total. The summed E-state index contributed by atoms with van der Waals surface area (Å²) in [6.07, 6.45) is 2.05. The largest absolute Gasteiger partial charge is 0.395 e. The van der Waals surface area contributed by atoms with Gasteiger partial charge in [0.2, 0.25) is 0 Å². The van der Waals surface area contributed by atoms with Crippen LogP contribution in [-0.4, -0.2) is 59.7 Å².